The summed E-state index contributed by atoms with van der Waals surface area (Å²) in [7, 11) is 0. The van der Waals surface area contributed by atoms with Gasteiger partial charge in [-0.1, -0.05) is 22.0 Å². The molecule has 0 fully saturated rings. The molecule has 0 saturated heterocycles. The molecule has 0 spiro atoms. The Bertz CT molecular complexity index is 478. The highest BCUT2D eigenvalue weighted by Crippen LogP contribution is 2.18. The van der Waals surface area contributed by atoms with Crippen molar-refractivity contribution in [1.82, 2.24) is 9.78 Å². The largest absolute Gasteiger partial charge is 0.384 e. The Hall–Kier alpha value is -1.33. The second kappa shape index (κ2) is 4.04. The molecule has 2 aromatic rings. The zero-order valence-corrected chi connectivity index (χ0v) is 9.61. The molecule has 0 radical (unpaired) electrons. The number of halogens is 1. The third kappa shape index (κ3) is 2.03. The SMILES string of the molecule is NCc1cc(N)n(-c2cccc(Br)c2)n1. The molecule has 0 amide bonds. The second-order valence-corrected chi connectivity index (χ2v) is 4.07. The summed E-state index contributed by atoms with van der Waals surface area (Å²) >= 11 is 3.40. The Kier molecular flexibility index (Phi) is 2.75. The molecule has 1 aromatic carbocycles. The molecular formula is C10H11BrN4. The van der Waals surface area contributed by atoms with Crippen LogP contribution in [0.25, 0.3) is 5.69 Å². The molecule has 2 rings (SSSR count). The minimum atomic E-state index is 0.394. The standard InChI is InChI=1S/C10H11BrN4/c11-7-2-1-3-9(4-7)15-10(13)5-8(6-12)14-15/h1-5H,6,12-13H2. The van der Waals surface area contributed by atoms with Gasteiger partial charge in [0.15, 0.2) is 0 Å². The molecule has 0 bridgehead atoms. The van der Waals surface area contributed by atoms with Crippen LogP contribution < -0.4 is 11.5 Å². The molecule has 0 atom stereocenters. The van der Waals surface area contributed by atoms with E-state index in [0.717, 1.165) is 15.9 Å². The van der Waals surface area contributed by atoms with E-state index in [2.05, 4.69) is 21.0 Å². The van der Waals surface area contributed by atoms with E-state index in [9.17, 15) is 0 Å². The molecule has 4 nitrogen and oxygen atoms in total. The van der Waals surface area contributed by atoms with Crippen molar-refractivity contribution in [2.45, 2.75) is 6.54 Å². The van der Waals surface area contributed by atoms with Crippen molar-refractivity contribution < 1.29 is 0 Å². The first kappa shape index (κ1) is 10.2. The number of benzene rings is 1. The molecule has 0 unspecified atom stereocenters. The van der Waals surface area contributed by atoms with Crippen molar-refractivity contribution in [3.8, 4) is 5.69 Å². The fourth-order valence-corrected chi connectivity index (χ4v) is 1.75. The zero-order valence-electron chi connectivity index (χ0n) is 8.02. The van der Waals surface area contributed by atoms with E-state index in [1.165, 1.54) is 0 Å². The highest BCUT2D eigenvalue weighted by Gasteiger charge is 2.05. The Labute approximate surface area is 96.0 Å². The van der Waals surface area contributed by atoms with Crippen molar-refractivity contribution in [3.05, 3.63) is 40.5 Å². The number of hydrogen-bond donors (Lipinski definition) is 2. The molecular weight excluding hydrogens is 256 g/mol. The maximum atomic E-state index is 5.83. The summed E-state index contributed by atoms with van der Waals surface area (Å²) in [5.41, 5.74) is 13.0. The highest BCUT2D eigenvalue weighted by atomic mass is 79.9. The van der Waals surface area contributed by atoms with Gasteiger partial charge in [0.2, 0.25) is 0 Å². The van der Waals surface area contributed by atoms with Crippen molar-refractivity contribution in [3.63, 3.8) is 0 Å². The molecule has 0 saturated carbocycles. The average Bonchev–Trinajstić information content (AvgIpc) is 2.60. The predicted molar refractivity (Wildman–Crippen MR) is 63.6 cm³/mol. The van der Waals surface area contributed by atoms with E-state index in [1.807, 2.05) is 24.3 Å². The van der Waals surface area contributed by atoms with Gasteiger partial charge in [0.1, 0.15) is 5.82 Å². The summed E-state index contributed by atoms with van der Waals surface area (Å²) in [6.07, 6.45) is 0. The number of anilines is 1. The van der Waals surface area contributed by atoms with Crippen LogP contribution in [0.15, 0.2) is 34.8 Å². The maximum absolute atomic E-state index is 5.83. The van der Waals surface area contributed by atoms with Crippen molar-refractivity contribution in [1.29, 1.82) is 0 Å². The summed E-state index contributed by atoms with van der Waals surface area (Å²) in [5.74, 6) is 0.591. The third-order valence-corrected chi connectivity index (χ3v) is 2.54. The van der Waals surface area contributed by atoms with E-state index in [0.29, 0.717) is 12.4 Å². The fraction of sp³-hybridized carbons (Fsp3) is 0.100. The zero-order chi connectivity index (χ0) is 10.8. The number of nitrogens with two attached hydrogens (primary N) is 2. The van der Waals surface area contributed by atoms with Gasteiger partial charge >= 0.3 is 0 Å². The minimum Gasteiger partial charge on any atom is -0.384 e. The molecule has 5 heteroatoms. The monoisotopic (exact) mass is 266 g/mol. The molecule has 1 aromatic heterocycles. The number of nitrogen functional groups attached to an aromatic ring is 1. The van der Waals surface area contributed by atoms with Gasteiger partial charge in [0.05, 0.1) is 11.4 Å². The normalized spacial score (nSPS) is 10.5. The highest BCUT2D eigenvalue weighted by molar-refractivity contribution is 9.10. The Morgan fingerprint density at radius 3 is 2.73 bits per heavy atom. The molecule has 0 aliphatic heterocycles. The topological polar surface area (TPSA) is 69.9 Å². The van der Waals surface area contributed by atoms with Gasteiger partial charge in [-0.2, -0.15) is 5.10 Å². The van der Waals surface area contributed by atoms with Gasteiger partial charge in [-0.3, -0.25) is 0 Å². The van der Waals surface area contributed by atoms with Crippen LogP contribution in [-0.4, -0.2) is 9.78 Å². The lowest BCUT2D eigenvalue weighted by Gasteiger charge is -2.03. The van der Waals surface area contributed by atoms with E-state index in [1.54, 1.807) is 10.7 Å². The number of rotatable bonds is 2. The van der Waals surface area contributed by atoms with E-state index in [-0.39, 0.29) is 0 Å². The molecule has 15 heavy (non-hydrogen) atoms. The summed E-state index contributed by atoms with van der Waals surface area (Å²) in [6.45, 7) is 0.394. The van der Waals surface area contributed by atoms with Crippen molar-refractivity contribution >= 4 is 21.7 Å². The van der Waals surface area contributed by atoms with Crippen LogP contribution in [0.4, 0.5) is 5.82 Å². The maximum Gasteiger partial charge on any atom is 0.127 e. The lowest BCUT2D eigenvalue weighted by atomic mass is 10.3. The van der Waals surface area contributed by atoms with Crippen molar-refractivity contribution in [2.75, 3.05) is 5.73 Å². The summed E-state index contributed by atoms with van der Waals surface area (Å²) in [6, 6.07) is 9.55. The van der Waals surface area contributed by atoms with Crippen LogP contribution in [0, 0.1) is 0 Å². The van der Waals surface area contributed by atoms with Crippen LogP contribution >= 0.6 is 15.9 Å². The van der Waals surface area contributed by atoms with Gasteiger partial charge in [-0.15, -0.1) is 0 Å². The Balaban J connectivity index is 2.48. The van der Waals surface area contributed by atoms with Gasteiger partial charge in [-0.05, 0) is 18.2 Å². The van der Waals surface area contributed by atoms with Crippen LogP contribution in [0.3, 0.4) is 0 Å². The second-order valence-electron chi connectivity index (χ2n) is 3.16. The Morgan fingerprint density at radius 2 is 2.13 bits per heavy atom. The fourth-order valence-electron chi connectivity index (χ4n) is 1.36. The quantitative estimate of drug-likeness (QED) is 0.869. The van der Waals surface area contributed by atoms with Crippen LogP contribution in [0.2, 0.25) is 0 Å². The molecule has 0 aliphatic carbocycles. The molecule has 4 N–H and O–H groups in total. The first-order valence-corrected chi connectivity index (χ1v) is 5.30. The smallest absolute Gasteiger partial charge is 0.127 e. The minimum absolute atomic E-state index is 0.394. The van der Waals surface area contributed by atoms with Gasteiger partial charge in [0, 0.05) is 17.1 Å². The summed E-state index contributed by atoms with van der Waals surface area (Å²) in [5, 5.41) is 4.29. The average molecular weight is 267 g/mol. The third-order valence-electron chi connectivity index (χ3n) is 2.05. The van der Waals surface area contributed by atoms with E-state index < -0.39 is 0 Å². The first-order chi connectivity index (χ1) is 7.20. The lowest BCUT2D eigenvalue weighted by Crippen LogP contribution is -2.03. The number of hydrogen-bond acceptors (Lipinski definition) is 3. The van der Waals surface area contributed by atoms with Gasteiger partial charge < -0.3 is 11.5 Å². The molecule has 78 valence electrons. The molecule has 1 heterocycles. The first-order valence-electron chi connectivity index (χ1n) is 4.51. The lowest BCUT2D eigenvalue weighted by molar-refractivity contribution is 0.840. The van der Waals surface area contributed by atoms with Crippen LogP contribution in [0.1, 0.15) is 5.69 Å². The van der Waals surface area contributed by atoms with Gasteiger partial charge in [-0.25, -0.2) is 4.68 Å². The Morgan fingerprint density at radius 1 is 1.33 bits per heavy atom. The van der Waals surface area contributed by atoms with Crippen LogP contribution in [-0.2, 0) is 6.54 Å². The number of nitrogens with zero attached hydrogens (tertiary/aromatic N) is 2. The van der Waals surface area contributed by atoms with Gasteiger partial charge in [0.25, 0.3) is 0 Å². The van der Waals surface area contributed by atoms with E-state index >= 15 is 0 Å². The summed E-state index contributed by atoms with van der Waals surface area (Å²) < 4.78 is 2.66. The number of aromatic nitrogens is 2. The molecule has 0 aliphatic rings. The summed E-state index contributed by atoms with van der Waals surface area (Å²) in [4.78, 5) is 0. The van der Waals surface area contributed by atoms with Crippen LogP contribution in [0.5, 0.6) is 0 Å². The predicted octanol–water partition coefficient (Wildman–Crippen LogP) is 1.68. The van der Waals surface area contributed by atoms with E-state index in [4.69, 9.17) is 11.5 Å². The van der Waals surface area contributed by atoms with Crippen molar-refractivity contribution in [2.24, 2.45) is 5.73 Å².